The summed E-state index contributed by atoms with van der Waals surface area (Å²) in [5, 5.41) is 17.9. The number of rotatable bonds is 5. The van der Waals surface area contributed by atoms with Gasteiger partial charge in [-0.25, -0.2) is 17.6 Å². The molecule has 0 unspecified atom stereocenters. The van der Waals surface area contributed by atoms with E-state index in [2.05, 4.69) is 0 Å². The van der Waals surface area contributed by atoms with Gasteiger partial charge in [0.15, 0.2) is 0 Å². The molecule has 0 aliphatic heterocycles. The third-order valence-corrected chi connectivity index (χ3v) is 5.16. The summed E-state index contributed by atoms with van der Waals surface area (Å²) in [4.78, 5) is 10.1. The van der Waals surface area contributed by atoms with Crippen molar-refractivity contribution in [2.45, 2.75) is 24.3 Å². The van der Waals surface area contributed by atoms with Crippen molar-refractivity contribution in [3.05, 3.63) is 29.6 Å². The maximum atomic E-state index is 13.8. The Hall–Kier alpha value is -1.51. The highest BCUT2D eigenvalue weighted by Gasteiger charge is 2.35. The number of likely N-dealkylation sites (N-methyl/N-ethyl adjacent to an activating group) is 1. The average molecular weight is 305 g/mol. The summed E-state index contributed by atoms with van der Waals surface area (Å²) in [5.74, 6) is -2.50. The zero-order valence-electron chi connectivity index (χ0n) is 11.3. The van der Waals surface area contributed by atoms with E-state index in [1.807, 2.05) is 0 Å². The van der Waals surface area contributed by atoms with Gasteiger partial charge in [0.2, 0.25) is 10.0 Å². The van der Waals surface area contributed by atoms with Crippen LogP contribution in [-0.2, 0) is 10.0 Å². The maximum Gasteiger partial charge on any atom is 0.335 e. The summed E-state index contributed by atoms with van der Waals surface area (Å²) in [6.07, 6.45) is 0. The predicted octanol–water partition coefficient (Wildman–Crippen LogP) is 0.915. The number of sulfonamides is 1. The number of aromatic carboxylic acids is 1. The van der Waals surface area contributed by atoms with Gasteiger partial charge in [-0.15, -0.1) is 0 Å². The highest BCUT2D eigenvalue weighted by atomic mass is 32.2. The number of carboxylic acid groups (broad SMARTS) is 1. The van der Waals surface area contributed by atoms with Gasteiger partial charge in [-0.1, -0.05) is 0 Å². The molecule has 0 aliphatic rings. The van der Waals surface area contributed by atoms with E-state index >= 15 is 0 Å². The van der Waals surface area contributed by atoms with Crippen LogP contribution in [0.15, 0.2) is 23.1 Å². The third kappa shape index (κ3) is 2.97. The van der Waals surface area contributed by atoms with Crippen LogP contribution in [0.1, 0.15) is 24.2 Å². The molecule has 0 spiro atoms. The lowest BCUT2D eigenvalue weighted by Gasteiger charge is -2.32. The van der Waals surface area contributed by atoms with Crippen LogP contribution in [0.4, 0.5) is 4.39 Å². The van der Waals surface area contributed by atoms with E-state index in [4.69, 9.17) is 5.11 Å². The van der Waals surface area contributed by atoms with Crippen molar-refractivity contribution in [2.75, 3.05) is 13.7 Å². The fraction of sp³-hybridized carbons (Fsp3) is 0.417. The fourth-order valence-electron chi connectivity index (χ4n) is 1.42. The molecule has 20 heavy (non-hydrogen) atoms. The van der Waals surface area contributed by atoms with E-state index < -0.39 is 38.9 Å². The zero-order valence-corrected chi connectivity index (χ0v) is 12.1. The fourth-order valence-corrected chi connectivity index (χ4v) is 2.96. The first-order chi connectivity index (χ1) is 9.04. The summed E-state index contributed by atoms with van der Waals surface area (Å²) in [6, 6.07) is 2.56. The number of benzene rings is 1. The van der Waals surface area contributed by atoms with E-state index in [-0.39, 0.29) is 5.56 Å². The predicted molar refractivity (Wildman–Crippen MR) is 69.5 cm³/mol. The number of halogens is 1. The molecule has 0 aromatic heterocycles. The lowest BCUT2D eigenvalue weighted by Crippen LogP contribution is -2.47. The molecule has 0 radical (unpaired) electrons. The number of carbonyl (C=O) groups is 1. The Balaban J connectivity index is 3.34. The van der Waals surface area contributed by atoms with Crippen molar-refractivity contribution < 1.29 is 27.8 Å². The van der Waals surface area contributed by atoms with Crippen LogP contribution < -0.4 is 0 Å². The van der Waals surface area contributed by atoms with Crippen molar-refractivity contribution in [3.8, 4) is 0 Å². The molecule has 0 saturated carbocycles. The minimum Gasteiger partial charge on any atom is -0.478 e. The molecular weight excluding hydrogens is 289 g/mol. The molecule has 1 aromatic carbocycles. The molecule has 0 saturated heterocycles. The molecule has 2 N–H and O–H groups in total. The summed E-state index contributed by atoms with van der Waals surface area (Å²) >= 11 is 0. The second kappa shape index (κ2) is 5.47. The number of aliphatic hydroxyl groups is 1. The Morgan fingerprint density at radius 1 is 1.40 bits per heavy atom. The molecule has 0 bridgehead atoms. The van der Waals surface area contributed by atoms with Gasteiger partial charge in [0.05, 0.1) is 17.7 Å². The van der Waals surface area contributed by atoms with E-state index in [1.54, 1.807) is 0 Å². The largest absolute Gasteiger partial charge is 0.478 e. The first-order valence-corrected chi connectivity index (χ1v) is 7.11. The van der Waals surface area contributed by atoms with Gasteiger partial charge in [-0.2, -0.15) is 4.31 Å². The molecule has 0 heterocycles. The normalized spacial score (nSPS) is 12.7. The minimum absolute atomic E-state index is 0.342. The Morgan fingerprint density at radius 2 is 1.95 bits per heavy atom. The van der Waals surface area contributed by atoms with Crippen LogP contribution in [0.5, 0.6) is 0 Å². The van der Waals surface area contributed by atoms with Gasteiger partial charge in [0.1, 0.15) is 10.7 Å². The van der Waals surface area contributed by atoms with Crippen molar-refractivity contribution in [1.29, 1.82) is 0 Å². The average Bonchev–Trinajstić information content (AvgIpc) is 2.37. The second-order valence-corrected chi connectivity index (χ2v) is 6.83. The quantitative estimate of drug-likeness (QED) is 0.843. The van der Waals surface area contributed by atoms with Crippen LogP contribution in [0.25, 0.3) is 0 Å². The van der Waals surface area contributed by atoms with E-state index in [9.17, 15) is 22.7 Å². The lowest BCUT2D eigenvalue weighted by atomic mass is 10.1. The van der Waals surface area contributed by atoms with Crippen LogP contribution in [0.3, 0.4) is 0 Å². The van der Waals surface area contributed by atoms with Gasteiger partial charge in [-0.3, -0.25) is 0 Å². The lowest BCUT2D eigenvalue weighted by molar-refractivity contribution is 0.0696. The summed E-state index contributed by atoms with van der Waals surface area (Å²) in [7, 11) is -2.96. The Kier molecular flexibility index (Phi) is 4.52. The molecule has 1 aromatic rings. The van der Waals surface area contributed by atoms with E-state index in [0.717, 1.165) is 16.4 Å². The number of carboxylic acids is 1. The first kappa shape index (κ1) is 16.5. The zero-order chi connectivity index (χ0) is 15.7. The molecule has 0 atom stereocenters. The molecule has 1 rings (SSSR count). The molecule has 0 amide bonds. The molecule has 112 valence electrons. The van der Waals surface area contributed by atoms with Crippen molar-refractivity contribution >= 4 is 16.0 Å². The topological polar surface area (TPSA) is 94.9 Å². The third-order valence-electron chi connectivity index (χ3n) is 3.06. The van der Waals surface area contributed by atoms with Gasteiger partial charge in [0, 0.05) is 7.05 Å². The van der Waals surface area contributed by atoms with Crippen LogP contribution in [-0.4, -0.2) is 48.1 Å². The first-order valence-electron chi connectivity index (χ1n) is 5.67. The Labute approximate surface area is 116 Å². The monoisotopic (exact) mass is 305 g/mol. The van der Waals surface area contributed by atoms with Crippen LogP contribution >= 0.6 is 0 Å². The highest BCUT2D eigenvalue weighted by molar-refractivity contribution is 7.89. The maximum absolute atomic E-state index is 13.8. The summed E-state index contributed by atoms with van der Waals surface area (Å²) in [6.45, 7) is 2.51. The standard InChI is InChI=1S/C12H16FNO5S/c1-12(2,7-15)14(3)20(18,19)10-5-4-8(11(16)17)6-9(10)13/h4-6,15H,7H2,1-3H3,(H,16,17). The number of aliphatic hydroxyl groups excluding tert-OH is 1. The highest BCUT2D eigenvalue weighted by Crippen LogP contribution is 2.25. The van der Waals surface area contributed by atoms with Crippen molar-refractivity contribution in [3.63, 3.8) is 0 Å². The van der Waals surface area contributed by atoms with Gasteiger partial charge in [0.25, 0.3) is 0 Å². The van der Waals surface area contributed by atoms with Crippen molar-refractivity contribution in [2.24, 2.45) is 0 Å². The summed E-state index contributed by atoms with van der Waals surface area (Å²) < 4.78 is 39.2. The Morgan fingerprint density at radius 3 is 2.35 bits per heavy atom. The van der Waals surface area contributed by atoms with E-state index in [1.165, 1.54) is 20.9 Å². The number of nitrogens with zero attached hydrogens (tertiary/aromatic N) is 1. The molecule has 0 fully saturated rings. The SMILES string of the molecule is CN(C(C)(C)CO)S(=O)(=O)c1ccc(C(=O)O)cc1F. The Bertz CT molecular complexity index is 627. The number of hydrogen-bond acceptors (Lipinski definition) is 4. The van der Waals surface area contributed by atoms with Crippen LogP contribution in [0, 0.1) is 5.82 Å². The minimum atomic E-state index is -4.18. The van der Waals surface area contributed by atoms with Gasteiger partial charge in [-0.05, 0) is 32.0 Å². The van der Waals surface area contributed by atoms with E-state index in [0.29, 0.717) is 6.07 Å². The molecular formula is C12H16FNO5S. The molecule has 8 heteroatoms. The van der Waals surface area contributed by atoms with Crippen molar-refractivity contribution in [1.82, 2.24) is 4.31 Å². The van der Waals surface area contributed by atoms with Gasteiger partial charge >= 0.3 is 5.97 Å². The number of hydrogen-bond donors (Lipinski definition) is 2. The second-order valence-electron chi connectivity index (χ2n) is 4.89. The molecule has 0 aliphatic carbocycles. The molecule has 6 nitrogen and oxygen atoms in total. The summed E-state index contributed by atoms with van der Waals surface area (Å²) in [5.41, 5.74) is -1.46. The smallest absolute Gasteiger partial charge is 0.335 e. The van der Waals surface area contributed by atoms with Gasteiger partial charge < -0.3 is 10.2 Å². The van der Waals surface area contributed by atoms with Crippen LogP contribution in [0.2, 0.25) is 0 Å².